The first-order valence-corrected chi connectivity index (χ1v) is 8.22. The number of unbranched alkanes of at least 4 members (excludes halogenated alkanes) is 3. The van der Waals surface area contributed by atoms with E-state index in [2.05, 4.69) is 34.2 Å². The van der Waals surface area contributed by atoms with Crippen molar-refractivity contribution in [2.24, 2.45) is 0 Å². The van der Waals surface area contributed by atoms with Crippen molar-refractivity contribution in [1.82, 2.24) is 5.32 Å². The summed E-state index contributed by atoms with van der Waals surface area (Å²) >= 11 is 3.54. The van der Waals surface area contributed by atoms with Crippen molar-refractivity contribution >= 4 is 15.9 Å². The van der Waals surface area contributed by atoms with Gasteiger partial charge in [0.05, 0.1) is 18.2 Å². The lowest BCUT2D eigenvalue weighted by molar-refractivity contribution is 0.309. The van der Waals surface area contributed by atoms with Crippen LogP contribution in [-0.2, 0) is 6.54 Å². The highest BCUT2D eigenvalue weighted by atomic mass is 79.9. The van der Waals surface area contributed by atoms with Crippen LogP contribution in [0.25, 0.3) is 0 Å². The molecule has 0 aliphatic carbocycles. The Kier molecular flexibility index (Phi) is 8.70. The molecule has 20 heavy (non-hydrogen) atoms. The first kappa shape index (κ1) is 17.3. The minimum Gasteiger partial charge on any atom is -0.492 e. The van der Waals surface area contributed by atoms with E-state index in [1.165, 1.54) is 31.2 Å². The molecule has 4 heteroatoms. The van der Waals surface area contributed by atoms with Gasteiger partial charge in [-0.2, -0.15) is 0 Å². The van der Waals surface area contributed by atoms with E-state index in [0.717, 1.165) is 29.1 Å². The molecule has 0 aromatic heterocycles. The van der Waals surface area contributed by atoms with Gasteiger partial charge in [0.25, 0.3) is 0 Å². The Labute approximate surface area is 131 Å². The normalized spacial score (nSPS) is 10.6. The molecule has 0 fully saturated rings. The molecule has 0 aliphatic heterocycles. The number of methoxy groups -OCH3 is 1. The third-order valence-corrected chi connectivity index (χ3v) is 3.70. The summed E-state index contributed by atoms with van der Waals surface area (Å²) < 4.78 is 11.9. The molecule has 0 atom stereocenters. The standard InChI is InChI=1S/C16H26BrNO2/c1-4-6-7-8-9-18-12-13-10-14(17)16(19-3)15(11-13)20-5-2/h10-11,18H,4-9,12H2,1-3H3. The summed E-state index contributed by atoms with van der Waals surface area (Å²) in [5.41, 5.74) is 1.21. The quantitative estimate of drug-likeness (QED) is 0.633. The number of hydrogen-bond acceptors (Lipinski definition) is 3. The first-order chi connectivity index (χ1) is 9.72. The van der Waals surface area contributed by atoms with Crippen molar-refractivity contribution in [2.45, 2.75) is 46.1 Å². The van der Waals surface area contributed by atoms with E-state index in [4.69, 9.17) is 9.47 Å². The number of rotatable bonds is 10. The number of nitrogens with one attached hydrogen (secondary N) is 1. The molecule has 0 saturated heterocycles. The Bertz CT molecular complexity index is 396. The third-order valence-electron chi connectivity index (χ3n) is 3.11. The molecule has 0 bridgehead atoms. The molecule has 1 aromatic carbocycles. The van der Waals surface area contributed by atoms with Gasteiger partial charge in [-0.25, -0.2) is 0 Å². The number of benzene rings is 1. The van der Waals surface area contributed by atoms with Crippen LogP contribution in [0.4, 0.5) is 0 Å². The highest BCUT2D eigenvalue weighted by Gasteiger charge is 2.10. The van der Waals surface area contributed by atoms with Crippen molar-refractivity contribution in [2.75, 3.05) is 20.3 Å². The van der Waals surface area contributed by atoms with E-state index >= 15 is 0 Å². The van der Waals surface area contributed by atoms with Crippen LogP contribution >= 0.6 is 15.9 Å². The van der Waals surface area contributed by atoms with Crippen LogP contribution in [0.2, 0.25) is 0 Å². The van der Waals surface area contributed by atoms with Crippen LogP contribution in [0.5, 0.6) is 11.5 Å². The van der Waals surface area contributed by atoms with Crippen molar-refractivity contribution in [3.8, 4) is 11.5 Å². The molecule has 0 radical (unpaired) electrons. The van der Waals surface area contributed by atoms with Gasteiger partial charge >= 0.3 is 0 Å². The van der Waals surface area contributed by atoms with Gasteiger partial charge < -0.3 is 14.8 Å². The average molecular weight is 344 g/mol. The lowest BCUT2D eigenvalue weighted by Crippen LogP contribution is -2.14. The van der Waals surface area contributed by atoms with Crippen LogP contribution in [0.3, 0.4) is 0 Å². The van der Waals surface area contributed by atoms with Crippen molar-refractivity contribution in [3.63, 3.8) is 0 Å². The van der Waals surface area contributed by atoms with Crippen LogP contribution in [0.1, 0.15) is 45.1 Å². The second-order valence-corrected chi connectivity index (χ2v) is 5.63. The van der Waals surface area contributed by atoms with Crippen LogP contribution in [-0.4, -0.2) is 20.3 Å². The predicted octanol–water partition coefficient (Wildman–Crippen LogP) is 4.53. The van der Waals surface area contributed by atoms with E-state index in [1.54, 1.807) is 7.11 Å². The van der Waals surface area contributed by atoms with Gasteiger partial charge in [-0.15, -0.1) is 0 Å². The summed E-state index contributed by atoms with van der Waals surface area (Å²) in [6.07, 6.45) is 5.15. The average Bonchev–Trinajstić information content (AvgIpc) is 2.43. The van der Waals surface area contributed by atoms with Crippen molar-refractivity contribution in [3.05, 3.63) is 22.2 Å². The number of hydrogen-bond donors (Lipinski definition) is 1. The Balaban J connectivity index is 2.53. The van der Waals surface area contributed by atoms with Gasteiger partial charge in [0.15, 0.2) is 11.5 Å². The zero-order valence-electron chi connectivity index (χ0n) is 12.8. The number of halogens is 1. The van der Waals surface area contributed by atoms with E-state index in [-0.39, 0.29) is 0 Å². The molecule has 0 amide bonds. The fourth-order valence-corrected chi connectivity index (χ4v) is 2.75. The van der Waals surface area contributed by atoms with Crippen molar-refractivity contribution < 1.29 is 9.47 Å². The maximum Gasteiger partial charge on any atom is 0.174 e. The van der Waals surface area contributed by atoms with E-state index in [9.17, 15) is 0 Å². The smallest absolute Gasteiger partial charge is 0.174 e. The molecule has 114 valence electrons. The second-order valence-electron chi connectivity index (χ2n) is 4.78. The molecule has 1 rings (SSSR count). The molecule has 1 aromatic rings. The number of ether oxygens (including phenoxy) is 2. The summed E-state index contributed by atoms with van der Waals surface area (Å²) in [5.74, 6) is 1.56. The fourth-order valence-electron chi connectivity index (χ4n) is 2.09. The highest BCUT2D eigenvalue weighted by Crippen LogP contribution is 2.36. The Morgan fingerprint density at radius 3 is 2.60 bits per heavy atom. The maximum absolute atomic E-state index is 5.63. The monoisotopic (exact) mass is 343 g/mol. The Morgan fingerprint density at radius 1 is 1.15 bits per heavy atom. The molecule has 0 spiro atoms. The van der Waals surface area contributed by atoms with Gasteiger partial charge in [0, 0.05) is 6.54 Å². The van der Waals surface area contributed by atoms with E-state index in [0.29, 0.717) is 6.61 Å². The SMILES string of the molecule is CCCCCCNCc1cc(Br)c(OC)c(OCC)c1. The van der Waals surface area contributed by atoms with Gasteiger partial charge in [0.1, 0.15) is 0 Å². The highest BCUT2D eigenvalue weighted by molar-refractivity contribution is 9.10. The summed E-state index contributed by atoms with van der Waals surface area (Å²) in [6, 6.07) is 4.13. The van der Waals surface area contributed by atoms with Crippen LogP contribution < -0.4 is 14.8 Å². The molecular formula is C16H26BrNO2. The summed E-state index contributed by atoms with van der Waals surface area (Å²) in [4.78, 5) is 0. The summed E-state index contributed by atoms with van der Waals surface area (Å²) in [7, 11) is 1.66. The largest absolute Gasteiger partial charge is 0.492 e. The molecule has 0 aliphatic rings. The molecule has 0 heterocycles. The molecule has 1 N–H and O–H groups in total. The molecule has 0 unspecified atom stereocenters. The minimum atomic E-state index is 0.636. The maximum atomic E-state index is 5.63. The topological polar surface area (TPSA) is 30.5 Å². The molecule has 0 saturated carbocycles. The van der Waals surface area contributed by atoms with Gasteiger partial charge in [0.2, 0.25) is 0 Å². The summed E-state index contributed by atoms with van der Waals surface area (Å²) in [5, 5.41) is 3.48. The Morgan fingerprint density at radius 2 is 1.95 bits per heavy atom. The van der Waals surface area contributed by atoms with Gasteiger partial charge in [-0.05, 0) is 53.5 Å². The zero-order chi connectivity index (χ0) is 14.8. The lowest BCUT2D eigenvalue weighted by Gasteiger charge is -2.13. The first-order valence-electron chi connectivity index (χ1n) is 7.42. The zero-order valence-corrected chi connectivity index (χ0v) is 14.4. The second kappa shape index (κ2) is 10.1. The molecular weight excluding hydrogens is 318 g/mol. The van der Waals surface area contributed by atoms with E-state index < -0.39 is 0 Å². The Hall–Kier alpha value is -0.740. The van der Waals surface area contributed by atoms with Gasteiger partial charge in [-0.1, -0.05) is 26.2 Å². The minimum absolute atomic E-state index is 0.636. The summed E-state index contributed by atoms with van der Waals surface area (Å²) in [6.45, 7) is 6.77. The predicted molar refractivity (Wildman–Crippen MR) is 87.7 cm³/mol. The lowest BCUT2D eigenvalue weighted by atomic mass is 10.2. The van der Waals surface area contributed by atoms with E-state index in [1.807, 2.05) is 13.0 Å². The van der Waals surface area contributed by atoms with Crippen LogP contribution in [0, 0.1) is 0 Å². The van der Waals surface area contributed by atoms with Crippen molar-refractivity contribution in [1.29, 1.82) is 0 Å². The third kappa shape index (κ3) is 5.71. The van der Waals surface area contributed by atoms with Crippen LogP contribution in [0.15, 0.2) is 16.6 Å². The molecule has 3 nitrogen and oxygen atoms in total. The van der Waals surface area contributed by atoms with Gasteiger partial charge in [-0.3, -0.25) is 0 Å². The fraction of sp³-hybridized carbons (Fsp3) is 0.625.